The number of rotatable bonds is 2. The summed E-state index contributed by atoms with van der Waals surface area (Å²) in [4.78, 5) is 14.7. The Morgan fingerprint density at radius 1 is 1.15 bits per heavy atom. The fraction of sp³-hybridized carbons (Fsp3) is 0.267. The molecular formula is C15H16Cl2N2O. The monoisotopic (exact) mass is 310 g/mol. The van der Waals surface area contributed by atoms with Crippen LogP contribution in [0.3, 0.4) is 0 Å². The molecule has 1 heterocycles. The Bertz CT molecular complexity index is 605. The van der Waals surface area contributed by atoms with E-state index in [2.05, 4.69) is 31.1 Å². The van der Waals surface area contributed by atoms with Crippen molar-refractivity contribution >= 4 is 34.8 Å². The molecule has 0 fully saturated rings. The lowest BCUT2D eigenvalue weighted by molar-refractivity contribution is 0.102. The molecule has 0 atom stereocenters. The highest BCUT2D eigenvalue weighted by atomic mass is 35.5. The maximum absolute atomic E-state index is 12.0. The van der Waals surface area contributed by atoms with Crippen LogP contribution in [-0.4, -0.2) is 10.9 Å². The Kier molecular flexibility index (Phi) is 4.11. The number of benzene rings is 1. The van der Waals surface area contributed by atoms with Gasteiger partial charge in [-0.3, -0.25) is 4.79 Å². The van der Waals surface area contributed by atoms with Gasteiger partial charge in [-0.25, -0.2) is 0 Å². The molecule has 106 valence electrons. The van der Waals surface area contributed by atoms with Crippen molar-refractivity contribution in [2.24, 2.45) is 0 Å². The van der Waals surface area contributed by atoms with Gasteiger partial charge in [0.1, 0.15) is 10.8 Å². The summed E-state index contributed by atoms with van der Waals surface area (Å²) in [7, 11) is 0. The third-order valence-corrected chi connectivity index (χ3v) is 3.67. The van der Waals surface area contributed by atoms with Crippen LogP contribution in [0.25, 0.3) is 0 Å². The first-order valence-corrected chi connectivity index (χ1v) is 6.99. The Labute approximate surface area is 128 Å². The first-order valence-electron chi connectivity index (χ1n) is 6.23. The van der Waals surface area contributed by atoms with Gasteiger partial charge in [-0.15, -0.1) is 0 Å². The zero-order valence-corrected chi connectivity index (χ0v) is 13.1. The fourth-order valence-electron chi connectivity index (χ4n) is 1.78. The van der Waals surface area contributed by atoms with Crippen LogP contribution in [0.2, 0.25) is 10.2 Å². The molecule has 0 radical (unpaired) electrons. The second-order valence-corrected chi connectivity index (χ2v) is 6.41. The number of carbonyl (C=O) groups excluding carboxylic acids is 1. The quantitative estimate of drug-likeness (QED) is 0.816. The molecule has 1 aromatic heterocycles. The van der Waals surface area contributed by atoms with Gasteiger partial charge in [-0.2, -0.15) is 0 Å². The Morgan fingerprint density at radius 2 is 1.75 bits per heavy atom. The predicted octanol–water partition coefficient (Wildman–Crippen LogP) is 4.87. The van der Waals surface area contributed by atoms with E-state index in [-0.39, 0.29) is 16.5 Å². The molecule has 0 bridgehead atoms. The number of aromatic nitrogens is 1. The molecular weight excluding hydrogens is 295 g/mol. The predicted molar refractivity (Wildman–Crippen MR) is 83.9 cm³/mol. The van der Waals surface area contributed by atoms with E-state index in [0.29, 0.717) is 10.7 Å². The van der Waals surface area contributed by atoms with Gasteiger partial charge in [-0.1, -0.05) is 56.1 Å². The summed E-state index contributed by atoms with van der Waals surface area (Å²) in [6.45, 7) is 6.43. The lowest BCUT2D eigenvalue weighted by atomic mass is 9.87. The zero-order chi connectivity index (χ0) is 14.9. The van der Waals surface area contributed by atoms with Crippen LogP contribution >= 0.6 is 23.2 Å². The molecule has 2 aromatic rings. The van der Waals surface area contributed by atoms with Crippen LogP contribution in [0.1, 0.15) is 36.8 Å². The van der Waals surface area contributed by atoms with Crippen molar-refractivity contribution in [1.82, 2.24) is 4.98 Å². The minimum absolute atomic E-state index is 0.0864. The smallest absolute Gasteiger partial charge is 0.272 e. The molecule has 0 unspecified atom stereocenters. The SMILES string of the molecule is CC(C)(C)c1ccc(NC(=O)c2cc(Cl)c(Cl)[nH]2)cc1. The van der Waals surface area contributed by atoms with Gasteiger partial charge in [0.2, 0.25) is 0 Å². The Morgan fingerprint density at radius 3 is 2.20 bits per heavy atom. The van der Waals surface area contributed by atoms with E-state index in [4.69, 9.17) is 23.2 Å². The second kappa shape index (κ2) is 5.51. The van der Waals surface area contributed by atoms with E-state index in [0.717, 1.165) is 5.69 Å². The van der Waals surface area contributed by atoms with Crippen molar-refractivity contribution in [2.75, 3.05) is 5.32 Å². The van der Waals surface area contributed by atoms with Crippen LogP contribution in [0.4, 0.5) is 5.69 Å². The third kappa shape index (κ3) is 3.35. The minimum atomic E-state index is -0.276. The molecule has 2 rings (SSSR count). The Hall–Kier alpha value is -1.45. The summed E-state index contributed by atoms with van der Waals surface area (Å²) < 4.78 is 0. The topological polar surface area (TPSA) is 44.9 Å². The minimum Gasteiger partial charge on any atom is -0.340 e. The Balaban J connectivity index is 2.12. The highest BCUT2D eigenvalue weighted by Crippen LogP contribution is 2.25. The summed E-state index contributed by atoms with van der Waals surface area (Å²) in [6.07, 6.45) is 0. The van der Waals surface area contributed by atoms with Crippen molar-refractivity contribution in [1.29, 1.82) is 0 Å². The van der Waals surface area contributed by atoms with E-state index in [1.807, 2.05) is 24.3 Å². The van der Waals surface area contributed by atoms with Crippen LogP contribution in [0.15, 0.2) is 30.3 Å². The average Bonchev–Trinajstić information content (AvgIpc) is 2.69. The number of amides is 1. The molecule has 5 heteroatoms. The molecule has 0 saturated carbocycles. The molecule has 1 amide bonds. The zero-order valence-electron chi connectivity index (χ0n) is 11.6. The molecule has 0 aliphatic carbocycles. The van der Waals surface area contributed by atoms with Crippen molar-refractivity contribution in [3.63, 3.8) is 0 Å². The normalized spacial score (nSPS) is 11.4. The maximum Gasteiger partial charge on any atom is 0.272 e. The summed E-state index contributed by atoms with van der Waals surface area (Å²) >= 11 is 11.6. The summed E-state index contributed by atoms with van der Waals surface area (Å²) in [5.74, 6) is -0.276. The van der Waals surface area contributed by atoms with Crippen LogP contribution in [0.5, 0.6) is 0 Å². The number of aromatic amines is 1. The van der Waals surface area contributed by atoms with E-state index in [9.17, 15) is 4.79 Å². The number of carbonyl (C=O) groups is 1. The molecule has 20 heavy (non-hydrogen) atoms. The lowest BCUT2D eigenvalue weighted by Crippen LogP contribution is -2.13. The maximum atomic E-state index is 12.0. The largest absolute Gasteiger partial charge is 0.340 e. The van der Waals surface area contributed by atoms with E-state index in [1.165, 1.54) is 11.6 Å². The number of nitrogens with one attached hydrogen (secondary N) is 2. The van der Waals surface area contributed by atoms with Gasteiger partial charge in [0, 0.05) is 5.69 Å². The molecule has 2 N–H and O–H groups in total. The standard InChI is InChI=1S/C15H16Cl2N2O/c1-15(2,3)9-4-6-10(7-5-9)18-14(20)12-8-11(16)13(17)19-12/h4-8,19H,1-3H3,(H,18,20). The van der Waals surface area contributed by atoms with Crippen molar-refractivity contribution < 1.29 is 4.79 Å². The molecule has 0 saturated heterocycles. The van der Waals surface area contributed by atoms with E-state index >= 15 is 0 Å². The molecule has 0 aliphatic rings. The average molecular weight is 311 g/mol. The molecule has 0 spiro atoms. The fourth-order valence-corrected chi connectivity index (χ4v) is 2.09. The first kappa shape index (κ1) is 14.9. The lowest BCUT2D eigenvalue weighted by Gasteiger charge is -2.19. The molecule has 3 nitrogen and oxygen atoms in total. The van der Waals surface area contributed by atoms with Crippen LogP contribution < -0.4 is 5.32 Å². The number of halogens is 2. The van der Waals surface area contributed by atoms with Gasteiger partial charge in [-0.05, 0) is 29.2 Å². The summed E-state index contributed by atoms with van der Waals surface area (Å²) in [6, 6.07) is 9.27. The van der Waals surface area contributed by atoms with Gasteiger partial charge in [0.15, 0.2) is 0 Å². The van der Waals surface area contributed by atoms with E-state index in [1.54, 1.807) is 0 Å². The summed E-state index contributed by atoms with van der Waals surface area (Å²) in [5.41, 5.74) is 2.36. The first-order chi connectivity index (χ1) is 9.27. The van der Waals surface area contributed by atoms with Crippen LogP contribution in [-0.2, 0) is 5.41 Å². The number of hydrogen-bond donors (Lipinski definition) is 2. The summed E-state index contributed by atoms with van der Waals surface area (Å²) in [5, 5.41) is 3.39. The van der Waals surface area contributed by atoms with Gasteiger partial charge in [0.25, 0.3) is 5.91 Å². The highest BCUT2D eigenvalue weighted by molar-refractivity contribution is 6.41. The van der Waals surface area contributed by atoms with Gasteiger partial charge >= 0.3 is 0 Å². The molecule has 0 aliphatic heterocycles. The van der Waals surface area contributed by atoms with Crippen molar-refractivity contribution in [2.45, 2.75) is 26.2 Å². The highest BCUT2D eigenvalue weighted by Gasteiger charge is 2.14. The van der Waals surface area contributed by atoms with E-state index < -0.39 is 0 Å². The third-order valence-electron chi connectivity index (χ3n) is 2.98. The number of H-pyrrole nitrogens is 1. The molecule has 1 aromatic carbocycles. The van der Waals surface area contributed by atoms with Crippen LogP contribution in [0, 0.1) is 0 Å². The number of hydrogen-bond acceptors (Lipinski definition) is 1. The second-order valence-electron chi connectivity index (χ2n) is 5.63. The van der Waals surface area contributed by atoms with Crippen molar-refractivity contribution in [3.8, 4) is 0 Å². The van der Waals surface area contributed by atoms with Gasteiger partial charge < -0.3 is 10.3 Å². The van der Waals surface area contributed by atoms with Gasteiger partial charge in [0.05, 0.1) is 5.02 Å². The van der Waals surface area contributed by atoms with Crippen molar-refractivity contribution in [3.05, 3.63) is 51.8 Å². The number of anilines is 1.